The quantitative estimate of drug-likeness (QED) is 0.749. The topological polar surface area (TPSA) is 12.9 Å². The van der Waals surface area contributed by atoms with Crippen LogP contribution in [0, 0.1) is 0 Å². The normalized spacial score (nSPS) is 11.4. The van der Waals surface area contributed by atoms with Crippen molar-refractivity contribution < 1.29 is 0 Å². The summed E-state index contributed by atoms with van der Waals surface area (Å²) in [5.74, 6) is 0. The van der Waals surface area contributed by atoms with E-state index >= 15 is 0 Å². The van der Waals surface area contributed by atoms with Crippen LogP contribution in [0.25, 0.3) is 17.0 Å². The fourth-order valence-electron chi connectivity index (χ4n) is 1.52. The average molecular weight is 297 g/mol. The number of nitrogens with zero attached hydrogens (tertiary/aromatic N) is 1. The zero-order valence-electron chi connectivity index (χ0n) is 8.66. The SMILES string of the molecule is Clc1ccnc2ccc(C=CCCBr)cc12. The summed E-state index contributed by atoms with van der Waals surface area (Å²) in [5, 5.41) is 2.74. The Morgan fingerprint density at radius 2 is 2.19 bits per heavy atom. The maximum atomic E-state index is 6.12. The number of fused-ring (bicyclic) bond motifs is 1. The molecule has 0 N–H and O–H groups in total. The molecule has 0 aliphatic rings. The molecular weight excluding hydrogens is 286 g/mol. The van der Waals surface area contributed by atoms with Crippen LogP contribution in [0.4, 0.5) is 0 Å². The first kappa shape index (κ1) is 11.6. The van der Waals surface area contributed by atoms with Gasteiger partial charge in [-0.3, -0.25) is 4.98 Å². The van der Waals surface area contributed by atoms with Crippen LogP contribution in [0.2, 0.25) is 5.02 Å². The third-order valence-corrected chi connectivity index (χ3v) is 3.09. The number of allylic oxidation sites excluding steroid dienone is 1. The molecule has 0 saturated heterocycles. The minimum Gasteiger partial charge on any atom is -0.256 e. The van der Waals surface area contributed by atoms with Gasteiger partial charge in [0.15, 0.2) is 0 Å². The molecule has 0 bridgehead atoms. The predicted molar refractivity (Wildman–Crippen MR) is 74.2 cm³/mol. The number of halogens is 2. The Hall–Kier alpha value is -0.860. The van der Waals surface area contributed by atoms with Crippen LogP contribution in [0.5, 0.6) is 0 Å². The third kappa shape index (κ3) is 2.63. The van der Waals surface area contributed by atoms with E-state index in [1.165, 1.54) is 0 Å². The van der Waals surface area contributed by atoms with Crippen LogP contribution < -0.4 is 0 Å². The third-order valence-electron chi connectivity index (χ3n) is 2.30. The summed E-state index contributed by atoms with van der Waals surface area (Å²) in [7, 11) is 0. The lowest BCUT2D eigenvalue weighted by Crippen LogP contribution is -1.80. The standard InChI is InChI=1S/C13H11BrClN/c14-7-2-1-3-10-4-5-13-11(9-10)12(15)6-8-16-13/h1,3-6,8-9H,2,7H2. The Labute approximate surface area is 108 Å². The zero-order valence-corrected chi connectivity index (χ0v) is 11.0. The van der Waals surface area contributed by atoms with Crippen LogP contribution in [0.15, 0.2) is 36.5 Å². The van der Waals surface area contributed by atoms with E-state index in [-0.39, 0.29) is 0 Å². The smallest absolute Gasteiger partial charge is 0.0717 e. The Balaban J connectivity index is 2.39. The van der Waals surface area contributed by atoms with Gasteiger partial charge in [0.2, 0.25) is 0 Å². The summed E-state index contributed by atoms with van der Waals surface area (Å²) in [6.45, 7) is 0. The van der Waals surface area contributed by atoms with Crippen LogP contribution in [0.3, 0.4) is 0 Å². The number of benzene rings is 1. The highest BCUT2D eigenvalue weighted by Gasteiger charge is 1.99. The van der Waals surface area contributed by atoms with E-state index in [1.54, 1.807) is 6.20 Å². The van der Waals surface area contributed by atoms with Crippen molar-refractivity contribution in [3.63, 3.8) is 0 Å². The molecule has 0 saturated carbocycles. The van der Waals surface area contributed by atoms with Crippen LogP contribution in [-0.4, -0.2) is 10.3 Å². The highest BCUT2D eigenvalue weighted by Crippen LogP contribution is 2.22. The van der Waals surface area contributed by atoms with Crippen LogP contribution in [-0.2, 0) is 0 Å². The van der Waals surface area contributed by atoms with Crippen molar-refractivity contribution in [2.24, 2.45) is 0 Å². The van der Waals surface area contributed by atoms with E-state index in [1.807, 2.05) is 12.1 Å². The second-order valence-corrected chi connectivity index (χ2v) is 4.65. The van der Waals surface area contributed by atoms with Crippen molar-refractivity contribution in [1.29, 1.82) is 0 Å². The van der Waals surface area contributed by atoms with E-state index in [9.17, 15) is 0 Å². The molecule has 1 nitrogen and oxygen atoms in total. The Morgan fingerprint density at radius 3 is 3.00 bits per heavy atom. The van der Waals surface area contributed by atoms with Crippen molar-refractivity contribution in [1.82, 2.24) is 4.98 Å². The first-order valence-electron chi connectivity index (χ1n) is 5.08. The maximum Gasteiger partial charge on any atom is 0.0717 e. The van der Waals surface area contributed by atoms with Crippen molar-refractivity contribution in [3.05, 3.63) is 47.1 Å². The second kappa shape index (κ2) is 5.46. The van der Waals surface area contributed by atoms with E-state index in [4.69, 9.17) is 11.6 Å². The average Bonchev–Trinajstić information content (AvgIpc) is 2.30. The van der Waals surface area contributed by atoms with Crippen LogP contribution >= 0.6 is 27.5 Å². The minimum atomic E-state index is 0.751. The molecule has 82 valence electrons. The maximum absolute atomic E-state index is 6.12. The molecule has 0 fully saturated rings. The van der Waals surface area contributed by atoms with E-state index in [2.05, 4.69) is 45.2 Å². The van der Waals surface area contributed by atoms with Gasteiger partial charge < -0.3 is 0 Å². The monoisotopic (exact) mass is 295 g/mol. The Bertz CT molecular complexity index is 522. The first-order valence-corrected chi connectivity index (χ1v) is 6.58. The number of aromatic nitrogens is 1. The summed E-state index contributed by atoms with van der Waals surface area (Å²) in [6, 6.07) is 7.93. The number of hydrogen-bond acceptors (Lipinski definition) is 1. The number of hydrogen-bond donors (Lipinski definition) is 0. The molecule has 3 heteroatoms. The van der Waals surface area contributed by atoms with Gasteiger partial charge in [0.25, 0.3) is 0 Å². The molecule has 0 aliphatic heterocycles. The summed E-state index contributed by atoms with van der Waals surface area (Å²) in [4.78, 5) is 4.26. The summed E-state index contributed by atoms with van der Waals surface area (Å²) in [5.41, 5.74) is 2.09. The van der Waals surface area contributed by atoms with Crippen LogP contribution in [0.1, 0.15) is 12.0 Å². The molecular formula is C13H11BrClN. The van der Waals surface area contributed by atoms with Gasteiger partial charge in [-0.1, -0.05) is 45.7 Å². The molecule has 0 radical (unpaired) electrons. The van der Waals surface area contributed by atoms with Crippen molar-refractivity contribution in [2.75, 3.05) is 5.33 Å². The Kier molecular flexibility index (Phi) is 3.97. The first-order chi connectivity index (χ1) is 7.81. The van der Waals surface area contributed by atoms with Crippen molar-refractivity contribution in [2.45, 2.75) is 6.42 Å². The van der Waals surface area contributed by atoms with E-state index in [0.29, 0.717) is 0 Å². The lowest BCUT2D eigenvalue weighted by atomic mass is 10.1. The van der Waals surface area contributed by atoms with Crippen molar-refractivity contribution in [3.8, 4) is 0 Å². The van der Waals surface area contributed by atoms with Gasteiger partial charge in [0, 0.05) is 16.9 Å². The zero-order chi connectivity index (χ0) is 11.4. The highest BCUT2D eigenvalue weighted by atomic mass is 79.9. The number of rotatable bonds is 3. The van der Waals surface area contributed by atoms with Gasteiger partial charge in [-0.25, -0.2) is 0 Å². The number of pyridine rings is 1. The van der Waals surface area contributed by atoms with Gasteiger partial charge in [-0.15, -0.1) is 0 Å². The molecule has 2 rings (SSSR count). The minimum absolute atomic E-state index is 0.751. The molecule has 16 heavy (non-hydrogen) atoms. The lowest BCUT2D eigenvalue weighted by molar-refractivity contribution is 1.27. The van der Waals surface area contributed by atoms with E-state index in [0.717, 1.165) is 33.2 Å². The van der Waals surface area contributed by atoms with Gasteiger partial charge in [0.05, 0.1) is 10.5 Å². The van der Waals surface area contributed by atoms with Gasteiger partial charge >= 0.3 is 0 Å². The molecule has 1 aromatic carbocycles. The predicted octanol–water partition coefficient (Wildman–Crippen LogP) is 4.69. The molecule has 1 aromatic heterocycles. The number of alkyl halides is 1. The van der Waals surface area contributed by atoms with E-state index < -0.39 is 0 Å². The molecule has 0 unspecified atom stereocenters. The van der Waals surface area contributed by atoms with Gasteiger partial charge in [-0.05, 0) is 30.2 Å². The molecule has 2 aromatic rings. The van der Waals surface area contributed by atoms with Gasteiger partial charge in [-0.2, -0.15) is 0 Å². The molecule has 0 atom stereocenters. The second-order valence-electron chi connectivity index (χ2n) is 3.45. The summed E-state index contributed by atoms with van der Waals surface area (Å²) < 4.78 is 0. The molecule has 0 spiro atoms. The molecule has 0 aliphatic carbocycles. The highest BCUT2D eigenvalue weighted by molar-refractivity contribution is 9.09. The fourth-order valence-corrected chi connectivity index (χ4v) is 1.99. The van der Waals surface area contributed by atoms with Crippen molar-refractivity contribution >= 4 is 44.5 Å². The largest absolute Gasteiger partial charge is 0.256 e. The summed E-state index contributed by atoms with van der Waals surface area (Å²) in [6.07, 6.45) is 6.99. The summed E-state index contributed by atoms with van der Waals surface area (Å²) >= 11 is 9.51. The molecule has 1 heterocycles. The Morgan fingerprint density at radius 1 is 1.31 bits per heavy atom. The van der Waals surface area contributed by atoms with Gasteiger partial charge in [0.1, 0.15) is 0 Å². The molecule has 0 amide bonds. The fraction of sp³-hybridized carbons (Fsp3) is 0.154. The lowest BCUT2D eigenvalue weighted by Gasteiger charge is -2.00.